The van der Waals surface area contributed by atoms with E-state index in [1.165, 1.54) is 32.1 Å². The highest BCUT2D eigenvalue weighted by Gasteiger charge is 2.33. The van der Waals surface area contributed by atoms with E-state index < -0.39 is 0 Å². The molecule has 0 bridgehead atoms. The zero-order valence-electron chi connectivity index (χ0n) is 13.0. The fourth-order valence-corrected chi connectivity index (χ4v) is 3.85. The Hall–Kier alpha value is -1.09. The molecule has 0 saturated heterocycles. The van der Waals surface area contributed by atoms with Gasteiger partial charge in [-0.1, -0.05) is 19.8 Å². The average Bonchev–Trinajstić information content (AvgIpc) is 3.06. The van der Waals surface area contributed by atoms with E-state index in [1.807, 2.05) is 6.20 Å². The van der Waals surface area contributed by atoms with E-state index >= 15 is 0 Å². The van der Waals surface area contributed by atoms with Gasteiger partial charge in [0.25, 0.3) is 0 Å². The molecule has 114 valence electrons. The van der Waals surface area contributed by atoms with Crippen LogP contribution in [0.5, 0.6) is 0 Å². The Labute approximate surface area is 131 Å². The first kappa shape index (κ1) is 14.8. The summed E-state index contributed by atoms with van der Waals surface area (Å²) in [4.78, 5) is 9.44. The molecule has 0 amide bonds. The standard InChI is InChI=1S/C17H24ClN3/c1-3-17(7-4-5-8-17)12-21-15(6-9-18)20-14-10-13(2)11-19-16(14)21/h10-11H,3-9,12H2,1-2H3. The first-order valence-electron chi connectivity index (χ1n) is 8.05. The number of nitrogens with zero attached hydrogens (tertiary/aromatic N) is 3. The molecule has 0 radical (unpaired) electrons. The zero-order chi connectivity index (χ0) is 14.9. The summed E-state index contributed by atoms with van der Waals surface area (Å²) in [5.41, 5.74) is 3.64. The van der Waals surface area contributed by atoms with Crippen LogP contribution in [0.1, 0.15) is 50.4 Å². The number of pyridine rings is 1. The molecule has 2 heterocycles. The zero-order valence-corrected chi connectivity index (χ0v) is 13.8. The third-order valence-corrected chi connectivity index (χ3v) is 5.22. The van der Waals surface area contributed by atoms with Crippen LogP contribution in [-0.2, 0) is 13.0 Å². The Morgan fingerprint density at radius 2 is 2.10 bits per heavy atom. The normalized spacial score (nSPS) is 17.7. The summed E-state index contributed by atoms with van der Waals surface area (Å²) in [6, 6.07) is 2.13. The molecule has 0 spiro atoms. The van der Waals surface area contributed by atoms with E-state index in [0.717, 1.165) is 35.5 Å². The monoisotopic (exact) mass is 305 g/mol. The second kappa shape index (κ2) is 5.96. The van der Waals surface area contributed by atoms with Gasteiger partial charge < -0.3 is 4.57 Å². The van der Waals surface area contributed by atoms with E-state index in [2.05, 4.69) is 29.5 Å². The van der Waals surface area contributed by atoms with Crippen molar-refractivity contribution in [2.45, 2.75) is 58.9 Å². The summed E-state index contributed by atoms with van der Waals surface area (Å²) in [7, 11) is 0. The van der Waals surface area contributed by atoms with Crippen LogP contribution in [0, 0.1) is 12.3 Å². The number of hydrogen-bond donors (Lipinski definition) is 0. The summed E-state index contributed by atoms with van der Waals surface area (Å²) >= 11 is 5.98. The van der Waals surface area contributed by atoms with Gasteiger partial charge >= 0.3 is 0 Å². The number of imidazole rings is 1. The summed E-state index contributed by atoms with van der Waals surface area (Å²) in [5, 5.41) is 0. The van der Waals surface area contributed by atoms with Crippen LogP contribution in [0.2, 0.25) is 0 Å². The minimum Gasteiger partial charge on any atom is -0.312 e. The molecule has 1 saturated carbocycles. The van der Waals surface area contributed by atoms with Crippen molar-refractivity contribution in [2.75, 3.05) is 5.88 Å². The van der Waals surface area contributed by atoms with Crippen LogP contribution in [0.4, 0.5) is 0 Å². The number of alkyl halides is 1. The largest absolute Gasteiger partial charge is 0.312 e. The van der Waals surface area contributed by atoms with Crippen molar-refractivity contribution in [3.8, 4) is 0 Å². The van der Waals surface area contributed by atoms with Gasteiger partial charge in [0.2, 0.25) is 0 Å². The Bertz CT molecular complexity index is 626. The van der Waals surface area contributed by atoms with Crippen molar-refractivity contribution in [1.29, 1.82) is 0 Å². The van der Waals surface area contributed by atoms with Crippen molar-refractivity contribution >= 4 is 22.8 Å². The highest BCUT2D eigenvalue weighted by atomic mass is 35.5. The lowest BCUT2D eigenvalue weighted by Crippen LogP contribution is -2.24. The quantitative estimate of drug-likeness (QED) is 0.762. The fourth-order valence-electron chi connectivity index (χ4n) is 3.68. The predicted octanol–water partition coefficient (Wildman–Crippen LogP) is 4.49. The van der Waals surface area contributed by atoms with Crippen molar-refractivity contribution in [3.05, 3.63) is 23.7 Å². The summed E-state index contributed by atoms with van der Waals surface area (Å²) < 4.78 is 2.34. The van der Waals surface area contributed by atoms with Gasteiger partial charge in [-0.05, 0) is 43.2 Å². The van der Waals surface area contributed by atoms with Gasteiger partial charge in [-0.15, -0.1) is 11.6 Å². The van der Waals surface area contributed by atoms with Crippen LogP contribution in [0.25, 0.3) is 11.2 Å². The van der Waals surface area contributed by atoms with Crippen molar-refractivity contribution < 1.29 is 0 Å². The predicted molar refractivity (Wildman–Crippen MR) is 87.9 cm³/mol. The molecule has 1 aliphatic carbocycles. The van der Waals surface area contributed by atoms with E-state index in [-0.39, 0.29) is 0 Å². The number of fused-ring (bicyclic) bond motifs is 1. The maximum absolute atomic E-state index is 5.98. The van der Waals surface area contributed by atoms with E-state index in [0.29, 0.717) is 11.3 Å². The molecular formula is C17H24ClN3. The highest BCUT2D eigenvalue weighted by molar-refractivity contribution is 6.17. The van der Waals surface area contributed by atoms with Crippen molar-refractivity contribution in [2.24, 2.45) is 5.41 Å². The molecule has 4 heteroatoms. The number of aromatic nitrogens is 3. The fraction of sp³-hybridized carbons (Fsp3) is 0.647. The SMILES string of the molecule is CCC1(Cn2c(CCCl)nc3cc(C)cnc32)CCCC1. The summed E-state index contributed by atoms with van der Waals surface area (Å²) in [5.74, 6) is 1.71. The molecule has 0 atom stereocenters. The molecule has 2 aromatic heterocycles. The lowest BCUT2D eigenvalue weighted by atomic mass is 9.83. The Morgan fingerprint density at radius 1 is 1.33 bits per heavy atom. The number of hydrogen-bond acceptors (Lipinski definition) is 2. The minimum absolute atomic E-state index is 0.432. The van der Waals surface area contributed by atoms with Crippen LogP contribution in [0.15, 0.2) is 12.3 Å². The Kier molecular flexibility index (Phi) is 4.21. The van der Waals surface area contributed by atoms with E-state index in [4.69, 9.17) is 16.6 Å². The molecule has 3 rings (SSSR count). The lowest BCUT2D eigenvalue weighted by Gasteiger charge is -2.28. The molecule has 1 aliphatic rings. The van der Waals surface area contributed by atoms with Gasteiger partial charge in [0.1, 0.15) is 11.3 Å². The van der Waals surface area contributed by atoms with Gasteiger partial charge in [-0.25, -0.2) is 9.97 Å². The third-order valence-electron chi connectivity index (χ3n) is 5.03. The number of aryl methyl sites for hydroxylation is 2. The Morgan fingerprint density at radius 3 is 2.76 bits per heavy atom. The number of halogens is 1. The topological polar surface area (TPSA) is 30.7 Å². The molecule has 0 aromatic carbocycles. The maximum atomic E-state index is 5.98. The second-order valence-electron chi connectivity index (χ2n) is 6.47. The first-order chi connectivity index (χ1) is 10.2. The van der Waals surface area contributed by atoms with E-state index in [1.54, 1.807) is 0 Å². The van der Waals surface area contributed by atoms with Gasteiger partial charge in [-0.2, -0.15) is 0 Å². The second-order valence-corrected chi connectivity index (χ2v) is 6.85. The molecule has 2 aromatic rings. The smallest absolute Gasteiger partial charge is 0.160 e. The van der Waals surface area contributed by atoms with Crippen molar-refractivity contribution in [1.82, 2.24) is 14.5 Å². The highest BCUT2D eigenvalue weighted by Crippen LogP contribution is 2.43. The van der Waals surface area contributed by atoms with Crippen LogP contribution < -0.4 is 0 Å². The van der Waals surface area contributed by atoms with Crippen LogP contribution in [-0.4, -0.2) is 20.4 Å². The first-order valence-corrected chi connectivity index (χ1v) is 8.59. The summed E-state index contributed by atoms with van der Waals surface area (Å²) in [6.07, 6.45) is 9.37. The average molecular weight is 306 g/mol. The maximum Gasteiger partial charge on any atom is 0.160 e. The molecule has 0 aliphatic heterocycles. The minimum atomic E-state index is 0.432. The molecule has 0 N–H and O–H groups in total. The van der Waals surface area contributed by atoms with Crippen LogP contribution >= 0.6 is 11.6 Å². The van der Waals surface area contributed by atoms with Gasteiger partial charge in [0.05, 0.1) is 0 Å². The van der Waals surface area contributed by atoms with Gasteiger partial charge in [0, 0.05) is 25.0 Å². The van der Waals surface area contributed by atoms with E-state index in [9.17, 15) is 0 Å². The molecular weight excluding hydrogens is 282 g/mol. The summed E-state index contributed by atoms with van der Waals surface area (Å²) in [6.45, 7) is 5.43. The van der Waals surface area contributed by atoms with Gasteiger partial charge in [-0.3, -0.25) is 0 Å². The molecule has 21 heavy (non-hydrogen) atoms. The molecule has 3 nitrogen and oxygen atoms in total. The third kappa shape index (κ3) is 2.80. The van der Waals surface area contributed by atoms with Crippen LogP contribution in [0.3, 0.4) is 0 Å². The Balaban J connectivity index is 2.04. The molecule has 1 fully saturated rings. The molecule has 0 unspecified atom stereocenters. The van der Waals surface area contributed by atoms with Gasteiger partial charge in [0.15, 0.2) is 5.65 Å². The number of rotatable bonds is 5. The van der Waals surface area contributed by atoms with Crippen molar-refractivity contribution in [3.63, 3.8) is 0 Å². The lowest BCUT2D eigenvalue weighted by molar-refractivity contribution is 0.237.